The van der Waals surface area contributed by atoms with Crippen LogP contribution in [0.15, 0.2) is 0 Å². The van der Waals surface area contributed by atoms with Gasteiger partial charge in [-0.2, -0.15) is 0 Å². The highest BCUT2D eigenvalue weighted by Gasteiger charge is 2.30. The van der Waals surface area contributed by atoms with Crippen molar-refractivity contribution in [3.8, 4) is 0 Å². The molecule has 0 aromatic carbocycles. The van der Waals surface area contributed by atoms with Gasteiger partial charge in [0.15, 0.2) is 6.10 Å². The molecule has 0 aliphatic rings. The van der Waals surface area contributed by atoms with Gasteiger partial charge in [0.05, 0.1) is 12.7 Å². The van der Waals surface area contributed by atoms with Crippen molar-refractivity contribution in [1.29, 1.82) is 0 Å². The van der Waals surface area contributed by atoms with E-state index in [1.807, 2.05) is 34.6 Å². The monoisotopic (exact) mass is 366 g/mol. The number of methoxy groups -OCH3 is 1. The van der Waals surface area contributed by atoms with Crippen molar-refractivity contribution in [2.75, 3.05) is 7.11 Å². The van der Waals surface area contributed by atoms with Crippen molar-refractivity contribution in [1.82, 2.24) is 9.88 Å². The number of esters is 2. The first-order chi connectivity index (χ1) is 12.1. The van der Waals surface area contributed by atoms with E-state index in [1.165, 1.54) is 7.11 Å². The second kappa shape index (κ2) is 8.87. The standard InChI is InChI=1S/C19H30N2O5/c1-9-14-15(18(23)25-8)12(6)16(20-14)19(24)26-13(7)17(22)21(10(2)3)11(4)5/h10-11,13,20H,9H2,1-8H3. The lowest BCUT2D eigenvalue weighted by atomic mass is 10.1. The summed E-state index contributed by atoms with van der Waals surface area (Å²) < 4.78 is 10.2. The van der Waals surface area contributed by atoms with Gasteiger partial charge < -0.3 is 19.4 Å². The van der Waals surface area contributed by atoms with E-state index in [1.54, 1.807) is 18.7 Å². The smallest absolute Gasteiger partial charge is 0.355 e. The highest BCUT2D eigenvalue weighted by atomic mass is 16.5. The number of hydrogen-bond acceptors (Lipinski definition) is 5. The second-order valence-corrected chi connectivity index (χ2v) is 6.80. The molecule has 1 unspecified atom stereocenters. The number of nitrogens with zero attached hydrogens (tertiary/aromatic N) is 1. The predicted octanol–water partition coefficient (Wildman–Crippen LogP) is 2.86. The van der Waals surface area contributed by atoms with Crippen LogP contribution >= 0.6 is 0 Å². The zero-order valence-corrected chi connectivity index (χ0v) is 16.9. The van der Waals surface area contributed by atoms with Crippen molar-refractivity contribution in [3.63, 3.8) is 0 Å². The number of aryl methyl sites for hydroxylation is 1. The Morgan fingerprint density at radius 1 is 1.04 bits per heavy atom. The predicted molar refractivity (Wildman–Crippen MR) is 98.2 cm³/mol. The summed E-state index contributed by atoms with van der Waals surface area (Å²) in [6.45, 7) is 12.7. The molecule has 0 aliphatic heterocycles. The van der Waals surface area contributed by atoms with Gasteiger partial charge in [0, 0.05) is 17.8 Å². The van der Waals surface area contributed by atoms with E-state index in [9.17, 15) is 14.4 Å². The Balaban J connectivity index is 3.06. The third-order valence-electron chi connectivity index (χ3n) is 4.27. The number of aromatic nitrogens is 1. The average Bonchev–Trinajstić information content (AvgIpc) is 2.89. The SMILES string of the molecule is CCc1[nH]c(C(=O)OC(C)C(=O)N(C(C)C)C(C)C)c(C)c1C(=O)OC. The van der Waals surface area contributed by atoms with E-state index in [0.29, 0.717) is 23.2 Å². The van der Waals surface area contributed by atoms with E-state index in [-0.39, 0.29) is 23.7 Å². The molecule has 146 valence electrons. The zero-order valence-electron chi connectivity index (χ0n) is 16.9. The summed E-state index contributed by atoms with van der Waals surface area (Å²) >= 11 is 0. The molecular weight excluding hydrogens is 336 g/mol. The quantitative estimate of drug-likeness (QED) is 0.750. The lowest BCUT2D eigenvalue weighted by Gasteiger charge is -2.32. The normalized spacial score (nSPS) is 12.2. The average molecular weight is 366 g/mol. The van der Waals surface area contributed by atoms with Crippen LogP contribution < -0.4 is 0 Å². The Labute approximate surface area is 155 Å². The molecule has 0 fully saturated rings. The Morgan fingerprint density at radius 3 is 2.00 bits per heavy atom. The maximum Gasteiger partial charge on any atom is 0.355 e. The lowest BCUT2D eigenvalue weighted by molar-refractivity contribution is -0.143. The minimum atomic E-state index is -0.929. The molecule has 0 saturated carbocycles. The largest absolute Gasteiger partial charge is 0.465 e. The van der Waals surface area contributed by atoms with Gasteiger partial charge in [0.2, 0.25) is 0 Å². The molecule has 0 spiro atoms. The second-order valence-electron chi connectivity index (χ2n) is 6.80. The van der Waals surface area contributed by atoms with Crippen LogP contribution in [0.5, 0.6) is 0 Å². The molecule has 26 heavy (non-hydrogen) atoms. The summed E-state index contributed by atoms with van der Waals surface area (Å²) in [5.74, 6) is -1.43. The number of hydrogen-bond donors (Lipinski definition) is 1. The van der Waals surface area contributed by atoms with E-state index in [2.05, 4.69) is 4.98 Å². The maximum atomic E-state index is 12.6. The van der Waals surface area contributed by atoms with E-state index in [4.69, 9.17) is 9.47 Å². The zero-order chi connectivity index (χ0) is 20.2. The fourth-order valence-electron chi connectivity index (χ4n) is 3.09. The molecule has 1 amide bonds. The van der Waals surface area contributed by atoms with Crippen molar-refractivity contribution in [2.45, 2.75) is 73.1 Å². The topological polar surface area (TPSA) is 88.7 Å². The van der Waals surface area contributed by atoms with Gasteiger partial charge >= 0.3 is 11.9 Å². The van der Waals surface area contributed by atoms with Crippen LogP contribution in [0.25, 0.3) is 0 Å². The third kappa shape index (κ3) is 4.45. The Bertz CT molecular complexity index is 668. The van der Waals surface area contributed by atoms with Crippen molar-refractivity contribution in [2.24, 2.45) is 0 Å². The summed E-state index contributed by atoms with van der Waals surface area (Å²) in [6, 6.07) is -0.0120. The minimum Gasteiger partial charge on any atom is -0.465 e. The first-order valence-corrected chi connectivity index (χ1v) is 8.89. The number of H-pyrrole nitrogens is 1. The maximum absolute atomic E-state index is 12.6. The molecule has 1 N–H and O–H groups in total. The molecule has 0 bridgehead atoms. The first kappa shape index (κ1) is 21.7. The van der Waals surface area contributed by atoms with Crippen molar-refractivity contribution in [3.05, 3.63) is 22.5 Å². The van der Waals surface area contributed by atoms with E-state index in [0.717, 1.165) is 0 Å². The molecule has 0 aliphatic carbocycles. The van der Waals surface area contributed by atoms with Gasteiger partial charge in [-0.3, -0.25) is 4.79 Å². The van der Waals surface area contributed by atoms with Gasteiger partial charge in [-0.15, -0.1) is 0 Å². The summed E-state index contributed by atoms with van der Waals surface area (Å²) in [4.78, 5) is 41.8. The number of rotatable bonds is 7. The van der Waals surface area contributed by atoms with Crippen molar-refractivity contribution < 1.29 is 23.9 Å². The van der Waals surface area contributed by atoms with E-state index >= 15 is 0 Å². The van der Waals surface area contributed by atoms with Crippen LogP contribution in [0, 0.1) is 6.92 Å². The Kier molecular flexibility index (Phi) is 7.41. The van der Waals surface area contributed by atoms with Crippen LogP contribution in [0.2, 0.25) is 0 Å². The number of aromatic amines is 1. The summed E-state index contributed by atoms with van der Waals surface area (Å²) in [5.41, 5.74) is 1.57. The van der Waals surface area contributed by atoms with Crippen molar-refractivity contribution >= 4 is 17.8 Å². The highest BCUT2D eigenvalue weighted by molar-refractivity contribution is 5.99. The lowest BCUT2D eigenvalue weighted by Crippen LogP contribution is -2.47. The number of ether oxygens (including phenoxy) is 2. The molecule has 0 radical (unpaired) electrons. The Morgan fingerprint density at radius 2 is 1.58 bits per heavy atom. The molecule has 1 heterocycles. The van der Waals surface area contributed by atoms with Crippen LogP contribution in [-0.2, 0) is 20.7 Å². The van der Waals surface area contributed by atoms with Crippen LogP contribution in [0.3, 0.4) is 0 Å². The summed E-state index contributed by atoms with van der Waals surface area (Å²) in [6.07, 6.45) is -0.400. The number of carbonyl (C=O) groups excluding carboxylic acids is 3. The fourth-order valence-corrected chi connectivity index (χ4v) is 3.09. The molecule has 1 atom stereocenters. The minimum absolute atomic E-state index is 0.00602. The molecule has 1 rings (SSSR count). The molecule has 1 aromatic rings. The van der Waals surface area contributed by atoms with Crippen LogP contribution in [-0.4, -0.2) is 53.0 Å². The molecule has 7 nitrogen and oxygen atoms in total. The van der Waals surface area contributed by atoms with Gasteiger partial charge in [0.1, 0.15) is 5.69 Å². The summed E-state index contributed by atoms with van der Waals surface area (Å²) in [7, 11) is 1.29. The van der Waals surface area contributed by atoms with E-state index < -0.39 is 18.0 Å². The van der Waals surface area contributed by atoms with Gasteiger partial charge in [-0.1, -0.05) is 6.92 Å². The Hall–Kier alpha value is -2.31. The highest BCUT2D eigenvalue weighted by Crippen LogP contribution is 2.21. The van der Waals surface area contributed by atoms with Gasteiger partial charge in [-0.25, -0.2) is 9.59 Å². The van der Waals surface area contributed by atoms with Crippen LogP contribution in [0.1, 0.15) is 73.6 Å². The number of nitrogens with one attached hydrogen (secondary N) is 1. The third-order valence-corrected chi connectivity index (χ3v) is 4.27. The number of amides is 1. The number of carbonyl (C=O) groups is 3. The molecular formula is C19H30N2O5. The summed E-state index contributed by atoms with van der Waals surface area (Å²) in [5, 5.41) is 0. The molecule has 7 heteroatoms. The van der Waals surface area contributed by atoms with Gasteiger partial charge in [0.25, 0.3) is 5.91 Å². The first-order valence-electron chi connectivity index (χ1n) is 8.89. The molecule has 0 saturated heterocycles. The van der Waals surface area contributed by atoms with Crippen LogP contribution in [0.4, 0.5) is 0 Å². The van der Waals surface area contributed by atoms with Gasteiger partial charge in [-0.05, 0) is 53.5 Å². The fraction of sp³-hybridized carbons (Fsp3) is 0.632. The molecule has 1 aromatic heterocycles.